The van der Waals surface area contributed by atoms with E-state index in [4.69, 9.17) is 4.74 Å². The van der Waals surface area contributed by atoms with Crippen LogP contribution in [0.15, 0.2) is 83.8 Å². The minimum atomic E-state index is -3.86. The third kappa shape index (κ3) is 4.98. The number of anilines is 1. The van der Waals surface area contributed by atoms with Gasteiger partial charge >= 0.3 is 0 Å². The molecule has 1 N–H and O–H groups in total. The Hall–Kier alpha value is -3.23. The minimum absolute atomic E-state index is 0.0101. The quantitative estimate of drug-likeness (QED) is 0.626. The Labute approximate surface area is 186 Å². The number of nitrogens with zero attached hydrogens (tertiary/aromatic N) is 1. The van der Waals surface area contributed by atoms with Crippen LogP contribution in [0, 0.1) is 5.82 Å². The van der Waals surface area contributed by atoms with Crippen molar-refractivity contribution >= 4 is 21.6 Å². The van der Waals surface area contributed by atoms with Gasteiger partial charge in [0.15, 0.2) is 0 Å². The normalized spacial score (nSPS) is 18.9. The Morgan fingerprint density at radius 1 is 0.969 bits per heavy atom. The molecule has 0 aromatic heterocycles. The average molecular weight is 455 g/mol. The van der Waals surface area contributed by atoms with Crippen molar-refractivity contribution in [3.63, 3.8) is 0 Å². The number of hydrogen-bond donors (Lipinski definition) is 1. The van der Waals surface area contributed by atoms with E-state index in [0.29, 0.717) is 18.7 Å². The maximum atomic E-state index is 13.1. The number of ether oxygens (including phenoxy) is 1. The fraction of sp³-hybridized carbons (Fsp3) is 0.208. The lowest BCUT2D eigenvalue weighted by Gasteiger charge is -2.37. The lowest BCUT2D eigenvalue weighted by Crippen LogP contribution is -2.45. The van der Waals surface area contributed by atoms with E-state index in [1.165, 1.54) is 48.5 Å². The zero-order valence-corrected chi connectivity index (χ0v) is 18.3. The standard InChI is InChI=1S/C24H23FN2O4S/c1-17-15-27(16-23(31-17)18-5-3-2-4-6-18)24(28)19-7-13-22(14-8-19)32(29,30)26-21-11-9-20(25)10-12-21/h2-14,17,23,26H,15-16H2,1H3. The zero-order valence-electron chi connectivity index (χ0n) is 17.4. The van der Waals surface area contributed by atoms with Crippen LogP contribution in [-0.2, 0) is 14.8 Å². The number of benzene rings is 3. The van der Waals surface area contributed by atoms with Gasteiger partial charge in [0.2, 0.25) is 0 Å². The van der Waals surface area contributed by atoms with E-state index in [1.807, 2.05) is 37.3 Å². The molecule has 0 saturated carbocycles. The Morgan fingerprint density at radius 2 is 1.62 bits per heavy atom. The van der Waals surface area contributed by atoms with E-state index in [2.05, 4.69) is 4.72 Å². The van der Waals surface area contributed by atoms with Crippen LogP contribution in [0.25, 0.3) is 0 Å². The fourth-order valence-electron chi connectivity index (χ4n) is 3.66. The van der Waals surface area contributed by atoms with Gasteiger partial charge in [0.1, 0.15) is 11.9 Å². The van der Waals surface area contributed by atoms with Crippen molar-refractivity contribution in [3.05, 3.63) is 95.8 Å². The molecule has 1 heterocycles. The predicted octanol–water partition coefficient (Wildman–Crippen LogP) is 4.23. The summed E-state index contributed by atoms with van der Waals surface area (Å²) in [4.78, 5) is 14.8. The van der Waals surface area contributed by atoms with Crippen molar-refractivity contribution < 1.29 is 22.3 Å². The summed E-state index contributed by atoms with van der Waals surface area (Å²) in [7, 11) is -3.86. The van der Waals surface area contributed by atoms with E-state index >= 15 is 0 Å². The number of carbonyl (C=O) groups excluding carboxylic acids is 1. The summed E-state index contributed by atoms with van der Waals surface area (Å²) >= 11 is 0. The van der Waals surface area contributed by atoms with Crippen LogP contribution in [0.2, 0.25) is 0 Å². The van der Waals surface area contributed by atoms with Crippen molar-refractivity contribution in [2.45, 2.75) is 24.0 Å². The van der Waals surface area contributed by atoms with Crippen LogP contribution >= 0.6 is 0 Å². The van der Waals surface area contributed by atoms with E-state index in [9.17, 15) is 17.6 Å². The van der Waals surface area contributed by atoms with Gasteiger partial charge in [0.05, 0.1) is 17.5 Å². The molecule has 1 aliphatic rings. The Bertz CT molecular complexity index is 1180. The highest BCUT2D eigenvalue weighted by molar-refractivity contribution is 7.92. The lowest BCUT2D eigenvalue weighted by atomic mass is 10.1. The topological polar surface area (TPSA) is 75.7 Å². The summed E-state index contributed by atoms with van der Waals surface area (Å²) in [5.41, 5.74) is 1.65. The molecule has 1 fully saturated rings. The summed E-state index contributed by atoms with van der Waals surface area (Å²) in [6.07, 6.45) is -0.346. The van der Waals surface area contributed by atoms with Gasteiger partial charge in [-0.15, -0.1) is 0 Å². The highest BCUT2D eigenvalue weighted by Crippen LogP contribution is 2.26. The third-order valence-electron chi connectivity index (χ3n) is 5.23. The highest BCUT2D eigenvalue weighted by atomic mass is 32.2. The number of nitrogens with one attached hydrogen (secondary N) is 1. The summed E-state index contributed by atoms with van der Waals surface area (Å²) in [5.74, 6) is -0.640. The van der Waals surface area contributed by atoms with Gasteiger partial charge in [-0.2, -0.15) is 0 Å². The average Bonchev–Trinajstić information content (AvgIpc) is 2.80. The molecule has 4 rings (SSSR count). The predicted molar refractivity (Wildman–Crippen MR) is 119 cm³/mol. The number of morpholine rings is 1. The van der Waals surface area contributed by atoms with E-state index in [1.54, 1.807) is 4.90 Å². The first-order chi connectivity index (χ1) is 15.3. The molecule has 2 unspecified atom stereocenters. The Morgan fingerprint density at radius 3 is 2.28 bits per heavy atom. The molecular weight excluding hydrogens is 431 g/mol. The molecule has 8 heteroatoms. The van der Waals surface area contributed by atoms with Gasteiger partial charge in [-0.3, -0.25) is 9.52 Å². The second-order valence-corrected chi connectivity index (χ2v) is 9.38. The van der Waals surface area contributed by atoms with Gasteiger partial charge < -0.3 is 9.64 Å². The molecule has 3 aromatic rings. The van der Waals surface area contributed by atoms with Gasteiger partial charge in [-0.1, -0.05) is 30.3 Å². The summed E-state index contributed by atoms with van der Waals surface area (Å²) in [6, 6.07) is 20.5. The number of amides is 1. The van der Waals surface area contributed by atoms with Crippen molar-refractivity contribution in [2.75, 3.05) is 17.8 Å². The van der Waals surface area contributed by atoms with Gasteiger partial charge in [-0.05, 0) is 61.0 Å². The Balaban J connectivity index is 1.48. The van der Waals surface area contributed by atoms with Crippen LogP contribution in [-0.4, -0.2) is 38.4 Å². The van der Waals surface area contributed by atoms with Crippen molar-refractivity contribution in [1.82, 2.24) is 4.90 Å². The molecule has 1 amide bonds. The maximum absolute atomic E-state index is 13.1. The summed E-state index contributed by atoms with van der Waals surface area (Å²) < 4.78 is 46.6. The third-order valence-corrected chi connectivity index (χ3v) is 6.62. The van der Waals surface area contributed by atoms with Crippen LogP contribution in [0.4, 0.5) is 10.1 Å². The number of sulfonamides is 1. The number of rotatable bonds is 5. The fourth-order valence-corrected chi connectivity index (χ4v) is 4.72. The van der Waals surface area contributed by atoms with Crippen LogP contribution < -0.4 is 4.72 Å². The molecule has 166 valence electrons. The van der Waals surface area contributed by atoms with Crippen LogP contribution in [0.3, 0.4) is 0 Å². The molecular formula is C24H23FN2O4S. The van der Waals surface area contributed by atoms with Crippen molar-refractivity contribution in [3.8, 4) is 0 Å². The molecule has 2 atom stereocenters. The Kier molecular flexibility index (Phi) is 6.25. The first kappa shape index (κ1) is 22.0. The van der Waals surface area contributed by atoms with Crippen molar-refractivity contribution in [2.24, 2.45) is 0 Å². The molecule has 32 heavy (non-hydrogen) atoms. The molecule has 0 spiro atoms. The first-order valence-electron chi connectivity index (χ1n) is 10.2. The first-order valence-corrected chi connectivity index (χ1v) is 11.7. The zero-order chi connectivity index (χ0) is 22.7. The van der Waals surface area contributed by atoms with Gasteiger partial charge in [0, 0.05) is 17.8 Å². The second-order valence-electron chi connectivity index (χ2n) is 7.69. The van der Waals surface area contributed by atoms with E-state index in [-0.39, 0.29) is 28.7 Å². The second kappa shape index (κ2) is 9.10. The molecule has 0 radical (unpaired) electrons. The molecule has 6 nitrogen and oxygen atoms in total. The number of hydrogen-bond acceptors (Lipinski definition) is 4. The number of halogens is 1. The molecule has 1 saturated heterocycles. The SMILES string of the molecule is CC1CN(C(=O)c2ccc(S(=O)(=O)Nc3ccc(F)cc3)cc2)CC(c2ccccc2)O1. The molecule has 0 bridgehead atoms. The lowest BCUT2D eigenvalue weighted by molar-refractivity contribution is -0.0691. The smallest absolute Gasteiger partial charge is 0.261 e. The van der Waals surface area contributed by atoms with E-state index in [0.717, 1.165) is 5.56 Å². The number of carbonyl (C=O) groups is 1. The summed E-state index contributed by atoms with van der Waals surface area (Å²) in [5, 5.41) is 0. The molecule has 0 aliphatic carbocycles. The largest absolute Gasteiger partial charge is 0.367 e. The van der Waals surface area contributed by atoms with Crippen molar-refractivity contribution in [1.29, 1.82) is 0 Å². The molecule has 3 aromatic carbocycles. The highest BCUT2D eigenvalue weighted by Gasteiger charge is 2.30. The minimum Gasteiger partial charge on any atom is -0.367 e. The van der Waals surface area contributed by atoms with Gasteiger partial charge in [-0.25, -0.2) is 12.8 Å². The van der Waals surface area contributed by atoms with Crippen LogP contribution in [0.1, 0.15) is 28.9 Å². The van der Waals surface area contributed by atoms with Gasteiger partial charge in [0.25, 0.3) is 15.9 Å². The van der Waals surface area contributed by atoms with E-state index < -0.39 is 15.8 Å². The molecule has 1 aliphatic heterocycles. The maximum Gasteiger partial charge on any atom is 0.261 e. The monoisotopic (exact) mass is 454 g/mol. The summed E-state index contributed by atoms with van der Waals surface area (Å²) in [6.45, 7) is 2.79. The van der Waals surface area contributed by atoms with Crippen LogP contribution in [0.5, 0.6) is 0 Å².